The fourth-order valence-corrected chi connectivity index (χ4v) is 6.48. The molecular formula is C37H23N3S. The van der Waals surface area contributed by atoms with Crippen molar-refractivity contribution in [3.63, 3.8) is 0 Å². The van der Waals surface area contributed by atoms with Crippen molar-refractivity contribution in [2.24, 2.45) is 0 Å². The molecule has 3 aromatic heterocycles. The van der Waals surface area contributed by atoms with E-state index in [1.807, 2.05) is 53.8 Å². The summed E-state index contributed by atoms with van der Waals surface area (Å²) < 4.78 is 2.64. The SMILES string of the molecule is c1ccc(-c2cc(-c3ccc(-c4ccc5sc6ccccc6c5c4)cc3)nc(-c3ccc4ccccc4n3)n2)cc1. The van der Waals surface area contributed by atoms with E-state index in [4.69, 9.17) is 15.0 Å². The summed E-state index contributed by atoms with van der Waals surface area (Å²) in [5.74, 6) is 0.617. The Labute approximate surface area is 241 Å². The van der Waals surface area contributed by atoms with Crippen LogP contribution in [0, 0.1) is 0 Å². The van der Waals surface area contributed by atoms with Crippen molar-refractivity contribution in [1.29, 1.82) is 0 Å². The summed E-state index contributed by atoms with van der Waals surface area (Å²) in [7, 11) is 0. The van der Waals surface area contributed by atoms with E-state index < -0.39 is 0 Å². The number of aromatic nitrogens is 3. The highest BCUT2D eigenvalue weighted by atomic mass is 32.1. The van der Waals surface area contributed by atoms with Crippen LogP contribution in [0.2, 0.25) is 0 Å². The van der Waals surface area contributed by atoms with Gasteiger partial charge in [0.25, 0.3) is 0 Å². The summed E-state index contributed by atoms with van der Waals surface area (Å²) in [6.07, 6.45) is 0. The van der Waals surface area contributed by atoms with Gasteiger partial charge < -0.3 is 0 Å². The van der Waals surface area contributed by atoms with Crippen LogP contribution >= 0.6 is 11.3 Å². The third kappa shape index (κ3) is 4.35. The Balaban J connectivity index is 1.21. The highest BCUT2D eigenvalue weighted by Crippen LogP contribution is 2.37. The van der Waals surface area contributed by atoms with Crippen LogP contribution in [0.3, 0.4) is 0 Å². The predicted molar refractivity (Wildman–Crippen MR) is 172 cm³/mol. The summed E-state index contributed by atoms with van der Waals surface area (Å²) in [6.45, 7) is 0. The molecule has 41 heavy (non-hydrogen) atoms. The second kappa shape index (κ2) is 9.77. The van der Waals surface area contributed by atoms with Crippen LogP contribution in [0.25, 0.3) is 76.2 Å². The van der Waals surface area contributed by atoms with Gasteiger partial charge in [0, 0.05) is 36.7 Å². The lowest BCUT2D eigenvalue weighted by molar-refractivity contribution is 1.16. The molecule has 0 bridgehead atoms. The van der Waals surface area contributed by atoms with E-state index in [1.54, 1.807) is 0 Å². The number of thiophene rings is 1. The van der Waals surface area contributed by atoms with Gasteiger partial charge in [-0.05, 0) is 47.5 Å². The van der Waals surface area contributed by atoms with Crippen molar-refractivity contribution in [1.82, 2.24) is 15.0 Å². The molecule has 4 heteroatoms. The monoisotopic (exact) mass is 541 g/mol. The molecule has 192 valence electrons. The number of hydrogen-bond acceptors (Lipinski definition) is 4. The third-order valence-electron chi connectivity index (χ3n) is 7.51. The molecule has 0 unspecified atom stereocenters. The minimum Gasteiger partial charge on any atom is -0.244 e. The fraction of sp³-hybridized carbons (Fsp3) is 0. The minimum atomic E-state index is 0.617. The largest absolute Gasteiger partial charge is 0.244 e. The molecule has 0 atom stereocenters. The number of rotatable bonds is 4. The van der Waals surface area contributed by atoms with E-state index in [0.29, 0.717) is 5.82 Å². The zero-order chi connectivity index (χ0) is 27.2. The maximum Gasteiger partial charge on any atom is 0.179 e. The van der Waals surface area contributed by atoms with Crippen molar-refractivity contribution in [3.05, 3.63) is 140 Å². The average Bonchev–Trinajstić information content (AvgIpc) is 3.43. The molecular weight excluding hydrogens is 518 g/mol. The molecule has 0 fully saturated rings. The molecule has 0 spiro atoms. The minimum absolute atomic E-state index is 0.617. The first-order valence-electron chi connectivity index (χ1n) is 13.6. The van der Waals surface area contributed by atoms with E-state index in [-0.39, 0.29) is 0 Å². The number of para-hydroxylation sites is 1. The molecule has 3 nitrogen and oxygen atoms in total. The van der Waals surface area contributed by atoms with Crippen LogP contribution in [0.15, 0.2) is 140 Å². The Morgan fingerprint density at radius 1 is 0.390 bits per heavy atom. The Bertz CT molecular complexity index is 2200. The van der Waals surface area contributed by atoms with Crippen molar-refractivity contribution >= 4 is 42.4 Å². The van der Waals surface area contributed by atoms with Gasteiger partial charge in [-0.25, -0.2) is 15.0 Å². The van der Waals surface area contributed by atoms with Crippen LogP contribution in [0.4, 0.5) is 0 Å². The number of hydrogen-bond donors (Lipinski definition) is 0. The first kappa shape index (κ1) is 23.7. The van der Waals surface area contributed by atoms with Gasteiger partial charge in [-0.2, -0.15) is 0 Å². The highest BCUT2D eigenvalue weighted by molar-refractivity contribution is 7.25. The molecule has 0 aliphatic carbocycles. The second-order valence-corrected chi connectivity index (χ2v) is 11.2. The van der Waals surface area contributed by atoms with Gasteiger partial charge in [-0.1, -0.05) is 103 Å². The van der Waals surface area contributed by atoms with E-state index in [9.17, 15) is 0 Å². The first-order chi connectivity index (χ1) is 20.3. The molecule has 0 amide bonds. The van der Waals surface area contributed by atoms with Crippen LogP contribution in [-0.4, -0.2) is 15.0 Å². The molecule has 0 radical (unpaired) electrons. The zero-order valence-electron chi connectivity index (χ0n) is 22.0. The lowest BCUT2D eigenvalue weighted by Gasteiger charge is -2.10. The summed E-state index contributed by atoms with van der Waals surface area (Å²) in [5.41, 5.74) is 7.91. The Morgan fingerprint density at radius 2 is 1.05 bits per heavy atom. The number of nitrogens with zero attached hydrogens (tertiary/aromatic N) is 3. The summed E-state index contributed by atoms with van der Waals surface area (Å²) in [4.78, 5) is 14.8. The molecule has 8 rings (SSSR count). The maximum absolute atomic E-state index is 5.00. The van der Waals surface area contributed by atoms with E-state index >= 15 is 0 Å². The average molecular weight is 542 g/mol. The quantitative estimate of drug-likeness (QED) is 0.222. The molecule has 0 saturated carbocycles. The number of benzene rings is 5. The van der Waals surface area contributed by atoms with Gasteiger partial charge in [0.2, 0.25) is 0 Å². The summed E-state index contributed by atoms with van der Waals surface area (Å²) in [6, 6.07) is 48.6. The molecule has 0 aliphatic heterocycles. The first-order valence-corrected chi connectivity index (χ1v) is 14.4. The molecule has 0 saturated heterocycles. The number of pyridine rings is 1. The molecule has 0 aliphatic rings. The third-order valence-corrected chi connectivity index (χ3v) is 8.67. The van der Waals surface area contributed by atoms with Crippen LogP contribution in [0.5, 0.6) is 0 Å². The maximum atomic E-state index is 5.00. The number of fused-ring (bicyclic) bond motifs is 4. The van der Waals surface area contributed by atoms with E-state index in [2.05, 4.69) is 97.1 Å². The van der Waals surface area contributed by atoms with Crippen LogP contribution in [0.1, 0.15) is 0 Å². The van der Waals surface area contributed by atoms with Crippen molar-refractivity contribution in [2.45, 2.75) is 0 Å². The van der Waals surface area contributed by atoms with Gasteiger partial charge in [0.1, 0.15) is 5.69 Å². The van der Waals surface area contributed by atoms with Gasteiger partial charge in [-0.3, -0.25) is 0 Å². The lowest BCUT2D eigenvalue weighted by atomic mass is 10.00. The normalized spacial score (nSPS) is 11.4. The molecule has 8 aromatic rings. The van der Waals surface area contributed by atoms with Crippen molar-refractivity contribution in [2.75, 3.05) is 0 Å². The van der Waals surface area contributed by atoms with Gasteiger partial charge in [0.15, 0.2) is 5.82 Å². The van der Waals surface area contributed by atoms with Crippen molar-refractivity contribution in [3.8, 4) is 45.2 Å². The van der Waals surface area contributed by atoms with Crippen LogP contribution < -0.4 is 0 Å². The van der Waals surface area contributed by atoms with Gasteiger partial charge >= 0.3 is 0 Å². The second-order valence-electron chi connectivity index (χ2n) is 10.1. The van der Waals surface area contributed by atoms with E-state index in [0.717, 1.165) is 39.1 Å². The van der Waals surface area contributed by atoms with Gasteiger partial charge in [0.05, 0.1) is 16.9 Å². The Hall–Kier alpha value is -5.19. The van der Waals surface area contributed by atoms with E-state index in [1.165, 1.54) is 31.3 Å². The highest BCUT2D eigenvalue weighted by Gasteiger charge is 2.13. The topological polar surface area (TPSA) is 38.7 Å². The Kier molecular flexibility index (Phi) is 5.64. The predicted octanol–water partition coefficient (Wildman–Crippen LogP) is 10.1. The zero-order valence-corrected chi connectivity index (χ0v) is 22.8. The molecule has 5 aromatic carbocycles. The van der Waals surface area contributed by atoms with Gasteiger partial charge in [-0.15, -0.1) is 11.3 Å². The molecule has 0 N–H and O–H groups in total. The Morgan fingerprint density at radius 3 is 1.90 bits per heavy atom. The summed E-state index contributed by atoms with van der Waals surface area (Å²) in [5, 5.41) is 3.72. The standard InChI is InChI=1S/C37H23N3S/c1-2-8-25(9-3-1)33-23-34(40-37(39-33)32-20-18-26-10-4-6-12-31(26)38-32)27-16-14-24(15-17-27)28-19-21-36-30(22-28)29-11-5-7-13-35(29)41-36/h1-23H. The van der Waals surface area contributed by atoms with Crippen LogP contribution in [-0.2, 0) is 0 Å². The fourth-order valence-electron chi connectivity index (χ4n) is 5.40. The summed E-state index contributed by atoms with van der Waals surface area (Å²) >= 11 is 1.85. The smallest absolute Gasteiger partial charge is 0.179 e. The van der Waals surface area contributed by atoms with Crippen molar-refractivity contribution < 1.29 is 0 Å². The molecule has 3 heterocycles. The lowest BCUT2D eigenvalue weighted by Crippen LogP contribution is -1.97.